The van der Waals surface area contributed by atoms with Crippen LogP contribution in [0, 0.1) is 0 Å². The van der Waals surface area contributed by atoms with E-state index in [0.29, 0.717) is 34.9 Å². The molecule has 3 aromatic heterocycles. The number of nitrogens with one attached hydrogen (secondary N) is 3. The summed E-state index contributed by atoms with van der Waals surface area (Å²) in [6.07, 6.45) is 9.14. The molecule has 0 spiro atoms. The lowest BCUT2D eigenvalue weighted by atomic mass is 10.1. The summed E-state index contributed by atoms with van der Waals surface area (Å²) in [6.45, 7) is 2.35. The molecule has 3 heterocycles. The van der Waals surface area contributed by atoms with E-state index in [1.807, 2.05) is 61.7 Å². The van der Waals surface area contributed by atoms with Crippen LogP contribution in [0.5, 0.6) is 0 Å². The predicted molar refractivity (Wildman–Crippen MR) is 162 cm³/mol. The number of para-hydroxylation sites is 1. The first kappa shape index (κ1) is 27.1. The van der Waals surface area contributed by atoms with Crippen LogP contribution in [0.2, 0.25) is 0 Å². The molecule has 0 atom stereocenters. The Kier molecular flexibility index (Phi) is 7.78. The second kappa shape index (κ2) is 11.7. The van der Waals surface area contributed by atoms with Crippen LogP contribution in [0.4, 0.5) is 11.4 Å². The summed E-state index contributed by atoms with van der Waals surface area (Å²) in [5.74, 6) is -0.865. The van der Waals surface area contributed by atoms with Crippen LogP contribution in [-0.2, 0) is 14.1 Å². The zero-order valence-electron chi connectivity index (χ0n) is 23.0. The number of hydrogen-bond acceptors (Lipinski definition) is 4. The fourth-order valence-electron chi connectivity index (χ4n) is 4.48. The molecule has 0 aliphatic heterocycles. The molecule has 206 valence electrons. The van der Waals surface area contributed by atoms with Gasteiger partial charge in [0.25, 0.3) is 17.7 Å². The van der Waals surface area contributed by atoms with Crippen molar-refractivity contribution in [1.82, 2.24) is 19.4 Å². The summed E-state index contributed by atoms with van der Waals surface area (Å²) in [7, 11) is 3.46. The molecule has 3 amide bonds. The molecular weight excluding hydrogens is 516 g/mol. The lowest BCUT2D eigenvalue weighted by molar-refractivity contribution is 0.0946. The largest absolute Gasteiger partial charge is 0.351 e. The normalized spacial score (nSPS) is 11.1. The van der Waals surface area contributed by atoms with Gasteiger partial charge in [0.1, 0.15) is 11.4 Å². The second-order valence-corrected chi connectivity index (χ2v) is 9.63. The highest BCUT2D eigenvalue weighted by Crippen LogP contribution is 2.19. The number of fused-ring (bicyclic) bond motifs is 1. The maximum absolute atomic E-state index is 12.9. The Morgan fingerprint density at radius 1 is 0.756 bits per heavy atom. The minimum absolute atomic E-state index is 0.217. The molecule has 0 radical (unpaired) electrons. The van der Waals surface area contributed by atoms with Gasteiger partial charge in [-0.25, -0.2) is 0 Å². The Morgan fingerprint density at radius 3 is 2.05 bits per heavy atom. The third-order valence-corrected chi connectivity index (χ3v) is 6.58. The minimum atomic E-state index is -0.362. The van der Waals surface area contributed by atoms with Crippen molar-refractivity contribution in [1.29, 1.82) is 0 Å². The quantitative estimate of drug-likeness (QED) is 0.244. The van der Waals surface area contributed by atoms with E-state index in [2.05, 4.69) is 27.0 Å². The SMILES string of the molecule is CCNC(=O)c1cc(NC(=O)c2cc(NC(=O)c3ccc(C=Cc4cnc5ccccc5c4)cc3)cn2C)cn1C. The van der Waals surface area contributed by atoms with Crippen LogP contribution in [-0.4, -0.2) is 38.4 Å². The smallest absolute Gasteiger partial charge is 0.272 e. The third-order valence-electron chi connectivity index (χ3n) is 6.58. The number of carbonyl (C=O) groups excluding carboxylic acids is 3. The molecule has 0 aliphatic rings. The maximum atomic E-state index is 12.9. The van der Waals surface area contributed by atoms with Gasteiger partial charge < -0.3 is 25.1 Å². The van der Waals surface area contributed by atoms with Gasteiger partial charge in [0, 0.05) is 50.2 Å². The molecule has 0 unspecified atom stereocenters. The minimum Gasteiger partial charge on any atom is -0.351 e. The Balaban J connectivity index is 1.21. The van der Waals surface area contributed by atoms with Crippen molar-refractivity contribution in [2.75, 3.05) is 17.2 Å². The van der Waals surface area contributed by atoms with Gasteiger partial charge in [-0.05, 0) is 54.4 Å². The van der Waals surface area contributed by atoms with Crippen molar-refractivity contribution in [3.05, 3.63) is 113 Å². The molecule has 41 heavy (non-hydrogen) atoms. The zero-order chi connectivity index (χ0) is 28.9. The summed E-state index contributed by atoms with van der Waals surface area (Å²) >= 11 is 0. The van der Waals surface area contributed by atoms with Crippen molar-refractivity contribution in [3.63, 3.8) is 0 Å². The van der Waals surface area contributed by atoms with Gasteiger partial charge in [-0.3, -0.25) is 19.4 Å². The average Bonchev–Trinajstić information content (AvgIpc) is 3.53. The van der Waals surface area contributed by atoms with E-state index in [1.165, 1.54) is 0 Å². The highest BCUT2D eigenvalue weighted by molar-refractivity contribution is 6.07. The van der Waals surface area contributed by atoms with Gasteiger partial charge in [-0.15, -0.1) is 0 Å². The third kappa shape index (κ3) is 6.25. The van der Waals surface area contributed by atoms with Gasteiger partial charge in [-0.1, -0.05) is 42.5 Å². The Labute approximate surface area is 237 Å². The number of aromatic nitrogens is 3. The van der Waals surface area contributed by atoms with Crippen molar-refractivity contribution >= 4 is 52.2 Å². The summed E-state index contributed by atoms with van der Waals surface area (Å²) in [5.41, 5.74) is 5.17. The Hall–Kier alpha value is -5.44. The number of pyridine rings is 1. The van der Waals surface area contributed by atoms with Gasteiger partial charge in [0.15, 0.2) is 0 Å². The molecule has 0 saturated carbocycles. The molecule has 9 nitrogen and oxygen atoms in total. The number of rotatable bonds is 8. The van der Waals surface area contributed by atoms with Gasteiger partial charge in [0.05, 0.1) is 16.9 Å². The first-order chi connectivity index (χ1) is 19.8. The zero-order valence-corrected chi connectivity index (χ0v) is 23.0. The number of nitrogens with zero attached hydrogens (tertiary/aromatic N) is 3. The molecule has 9 heteroatoms. The molecule has 2 aromatic carbocycles. The topological polar surface area (TPSA) is 110 Å². The predicted octanol–water partition coefficient (Wildman–Crippen LogP) is 5.34. The van der Waals surface area contributed by atoms with Gasteiger partial charge in [-0.2, -0.15) is 0 Å². The summed E-state index contributed by atoms with van der Waals surface area (Å²) in [6, 6.07) is 20.5. The fourth-order valence-corrected chi connectivity index (χ4v) is 4.48. The van der Waals surface area contributed by atoms with Crippen molar-refractivity contribution in [2.45, 2.75) is 6.92 Å². The maximum Gasteiger partial charge on any atom is 0.272 e. The molecule has 0 saturated heterocycles. The van der Waals surface area contributed by atoms with Gasteiger partial charge in [0.2, 0.25) is 0 Å². The Bertz CT molecular complexity index is 1780. The van der Waals surface area contributed by atoms with Crippen LogP contribution in [0.15, 0.2) is 85.3 Å². The number of benzene rings is 2. The molecule has 0 fully saturated rings. The van der Waals surface area contributed by atoms with Crippen LogP contribution in [0.3, 0.4) is 0 Å². The molecule has 3 N–H and O–H groups in total. The molecule has 5 rings (SSSR count). The number of hydrogen-bond donors (Lipinski definition) is 3. The van der Waals surface area contributed by atoms with E-state index < -0.39 is 0 Å². The van der Waals surface area contributed by atoms with Gasteiger partial charge >= 0.3 is 0 Å². The first-order valence-corrected chi connectivity index (χ1v) is 13.2. The van der Waals surface area contributed by atoms with E-state index in [0.717, 1.165) is 22.0 Å². The van der Waals surface area contributed by atoms with Crippen LogP contribution in [0.25, 0.3) is 23.1 Å². The van der Waals surface area contributed by atoms with Crippen molar-refractivity contribution < 1.29 is 14.4 Å². The van der Waals surface area contributed by atoms with E-state index in [1.54, 1.807) is 59.9 Å². The van der Waals surface area contributed by atoms with Crippen LogP contribution >= 0.6 is 0 Å². The van der Waals surface area contributed by atoms with Crippen molar-refractivity contribution in [2.24, 2.45) is 14.1 Å². The Morgan fingerprint density at radius 2 is 1.37 bits per heavy atom. The number of carbonyl (C=O) groups is 3. The van der Waals surface area contributed by atoms with Crippen LogP contribution in [0.1, 0.15) is 49.4 Å². The first-order valence-electron chi connectivity index (χ1n) is 13.2. The molecule has 5 aromatic rings. The summed E-state index contributed by atoms with van der Waals surface area (Å²) in [5, 5.41) is 9.48. The molecule has 0 aliphatic carbocycles. The number of anilines is 2. The molecular formula is C32H30N6O3. The standard InChI is InChI=1S/C32H30N6O3/c1-4-33-31(40)28-16-26(20-37(28)2)36-32(41)29-17-25(19-38(29)3)35-30(39)23-13-11-21(12-14-23)9-10-22-15-24-7-5-6-8-27(24)34-18-22/h5-20H,4H2,1-3H3,(H,33,40)(H,35,39)(H,36,41). The van der Waals surface area contributed by atoms with E-state index in [4.69, 9.17) is 0 Å². The highest BCUT2D eigenvalue weighted by Gasteiger charge is 2.17. The summed E-state index contributed by atoms with van der Waals surface area (Å²) in [4.78, 5) is 42.4. The fraction of sp³-hybridized carbons (Fsp3) is 0.125. The highest BCUT2D eigenvalue weighted by atomic mass is 16.2. The van der Waals surface area contributed by atoms with E-state index in [9.17, 15) is 14.4 Å². The van der Waals surface area contributed by atoms with E-state index in [-0.39, 0.29) is 17.7 Å². The van der Waals surface area contributed by atoms with Crippen LogP contribution < -0.4 is 16.0 Å². The second-order valence-electron chi connectivity index (χ2n) is 9.63. The number of amides is 3. The van der Waals surface area contributed by atoms with Crippen molar-refractivity contribution in [3.8, 4) is 0 Å². The number of aryl methyl sites for hydroxylation is 2. The summed E-state index contributed by atoms with van der Waals surface area (Å²) < 4.78 is 3.28. The lowest BCUT2D eigenvalue weighted by Crippen LogP contribution is -2.24. The lowest BCUT2D eigenvalue weighted by Gasteiger charge is -2.03. The monoisotopic (exact) mass is 546 g/mol. The average molecular weight is 547 g/mol. The molecule has 0 bridgehead atoms. The van der Waals surface area contributed by atoms with E-state index >= 15 is 0 Å².